The molecule has 3 aromatic rings. The number of rotatable bonds is 7. The molecule has 112 valence electrons. The van der Waals surface area contributed by atoms with Crippen molar-refractivity contribution in [3.63, 3.8) is 0 Å². The van der Waals surface area contributed by atoms with Crippen molar-refractivity contribution in [3.05, 3.63) is 60.7 Å². The summed E-state index contributed by atoms with van der Waals surface area (Å²) in [5, 5.41) is 18.4. The first-order chi connectivity index (χ1) is 10.9. The van der Waals surface area contributed by atoms with E-state index in [0.29, 0.717) is 5.95 Å². The molecule has 6 heteroatoms. The molecule has 0 radical (unpaired) electrons. The van der Waals surface area contributed by atoms with E-state index >= 15 is 0 Å². The number of benzene rings is 2. The first-order valence-corrected chi connectivity index (χ1v) is 7.30. The minimum atomic E-state index is 0.658. The van der Waals surface area contributed by atoms with E-state index in [1.165, 1.54) is 0 Å². The zero-order chi connectivity index (χ0) is 15.0. The number of nitrogens with zero attached hydrogens (tertiary/aromatic N) is 4. The number of aromatic nitrogens is 4. The second-order valence-corrected chi connectivity index (χ2v) is 4.82. The third-order valence-electron chi connectivity index (χ3n) is 3.21. The molecule has 1 heterocycles. The van der Waals surface area contributed by atoms with Gasteiger partial charge in [0.05, 0.1) is 5.69 Å². The van der Waals surface area contributed by atoms with E-state index < -0.39 is 0 Å². The van der Waals surface area contributed by atoms with Crippen LogP contribution in [0.1, 0.15) is 6.42 Å². The maximum Gasteiger partial charge on any atom is 0.247 e. The van der Waals surface area contributed by atoms with Crippen LogP contribution in [0.4, 0.5) is 11.6 Å². The Morgan fingerprint density at radius 1 is 0.818 bits per heavy atom. The molecule has 0 aliphatic carbocycles. The normalized spacial score (nSPS) is 10.4. The van der Waals surface area contributed by atoms with Gasteiger partial charge in [-0.15, -0.1) is 0 Å². The monoisotopic (exact) mass is 294 g/mol. The van der Waals surface area contributed by atoms with Crippen LogP contribution in [0.5, 0.6) is 0 Å². The van der Waals surface area contributed by atoms with Crippen molar-refractivity contribution in [1.29, 1.82) is 0 Å². The van der Waals surface area contributed by atoms with E-state index in [0.717, 1.165) is 30.9 Å². The number of para-hydroxylation sites is 2. The van der Waals surface area contributed by atoms with Crippen molar-refractivity contribution in [3.8, 4) is 5.69 Å². The van der Waals surface area contributed by atoms with Gasteiger partial charge in [-0.2, -0.15) is 4.68 Å². The molecular formula is C16H18N6. The molecule has 0 spiro atoms. The van der Waals surface area contributed by atoms with Crippen LogP contribution in [0.25, 0.3) is 5.69 Å². The lowest BCUT2D eigenvalue weighted by atomic mass is 10.3. The van der Waals surface area contributed by atoms with E-state index in [2.05, 4.69) is 38.3 Å². The Morgan fingerprint density at radius 3 is 2.27 bits per heavy atom. The van der Waals surface area contributed by atoms with Crippen molar-refractivity contribution < 1.29 is 0 Å². The molecule has 0 saturated carbocycles. The number of anilines is 2. The van der Waals surface area contributed by atoms with Crippen LogP contribution in [-0.2, 0) is 0 Å². The van der Waals surface area contributed by atoms with E-state index in [-0.39, 0.29) is 0 Å². The topological polar surface area (TPSA) is 67.7 Å². The highest BCUT2D eigenvalue weighted by molar-refractivity contribution is 5.42. The van der Waals surface area contributed by atoms with E-state index in [9.17, 15) is 0 Å². The summed E-state index contributed by atoms with van der Waals surface area (Å²) in [7, 11) is 0. The third-order valence-corrected chi connectivity index (χ3v) is 3.21. The van der Waals surface area contributed by atoms with Gasteiger partial charge in [0, 0.05) is 18.8 Å². The summed E-state index contributed by atoms with van der Waals surface area (Å²) in [5.41, 5.74) is 2.08. The zero-order valence-electron chi connectivity index (χ0n) is 12.2. The Hall–Kier alpha value is -2.89. The highest BCUT2D eigenvalue weighted by atomic mass is 15.6. The summed E-state index contributed by atoms with van der Waals surface area (Å²) in [6.45, 7) is 1.69. The van der Waals surface area contributed by atoms with Gasteiger partial charge in [0.15, 0.2) is 0 Å². The fourth-order valence-electron chi connectivity index (χ4n) is 2.12. The van der Waals surface area contributed by atoms with Gasteiger partial charge in [-0.25, -0.2) is 0 Å². The molecule has 22 heavy (non-hydrogen) atoms. The molecular weight excluding hydrogens is 276 g/mol. The van der Waals surface area contributed by atoms with Crippen molar-refractivity contribution in [2.45, 2.75) is 6.42 Å². The van der Waals surface area contributed by atoms with Crippen molar-refractivity contribution in [2.75, 3.05) is 23.7 Å². The molecule has 6 nitrogen and oxygen atoms in total. The van der Waals surface area contributed by atoms with Crippen LogP contribution in [0.2, 0.25) is 0 Å². The fraction of sp³-hybridized carbons (Fsp3) is 0.188. The summed E-state index contributed by atoms with van der Waals surface area (Å²) >= 11 is 0. The summed E-state index contributed by atoms with van der Waals surface area (Å²) in [6.07, 6.45) is 0.969. The molecule has 0 atom stereocenters. The lowest BCUT2D eigenvalue weighted by Gasteiger charge is -2.08. The summed E-state index contributed by atoms with van der Waals surface area (Å²) in [6, 6.07) is 20.0. The Labute approximate surface area is 129 Å². The number of tetrazole rings is 1. The summed E-state index contributed by atoms with van der Waals surface area (Å²) in [5.74, 6) is 0.658. The number of nitrogens with one attached hydrogen (secondary N) is 2. The predicted molar refractivity (Wildman–Crippen MR) is 87.2 cm³/mol. The van der Waals surface area contributed by atoms with Crippen LogP contribution in [-0.4, -0.2) is 33.3 Å². The molecule has 0 bridgehead atoms. The van der Waals surface area contributed by atoms with Gasteiger partial charge in [-0.3, -0.25) is 0 Å². The Kier molecular flexibility index (Phi) is 4.61. The van der Waals surface area contributed by atoms with Crippen LogP contribution >= 0.6 is 0 Å². The molecule has 2 aromatic carbocycles. The molecule has 0 fully saturated rings. The van der Waals surface area contributed by atoms with Gasteiger partial charge >= 0.3 is 0 Å². The first kappa shape index (κ1) is 14.1. The predicted octanol–water partition coefficient (Wildman–Crippen LogP) is 2.58. The lowest BCUT2D eigenvalue weighted by Crippen LogP contribution is -2.12. The minimum absolute atomic E-state index is 0.658. The van der Waals surface area contributed by atoms with Crippen molar-refractivity contribution in [1.82, 2.24) is 20.2 Å². The molecule has 1 aromatic heterocycles. The Bertz CT molecular complexity index is 680. The number of hydrogen-bond acceptors (Lipinski definition) is 5. The van der Waals surface area contributed by atoms with Gasteiger partial charge in [-0.05, 0) is 41.1 Å². The van der Waals surface area contributed by atoms with E-state index in [4.69, 9.17) is 0 Å². The van der Waals surface area contributed by atoms with Crippen LogP contribution < -0.4 is 10.6 Å². The van der Waals surface area contributed by atoms with Crippen LogP contribution in [0.15, 0.2) is 60.7 Å². The maximum atomic E-state index is 4.02. The van der Waals surface area contributed by atoms with Gasteiger partial charge < -0.3 is 10.6 Å². The van der Waals surface area contributed by atoms with Gasteiger partial charge in [0.2, 0.25) is 5.95 Å². The first-order valence-electron chi connectivity index (χ1n) is 7.30. The van der Waals surface area contributed by atoms with Crippen molar-refractivity contribution in [2.24, 2.45) is 0 Å². The zero-order valence-corrected chi connectivity index (χ0v) is 12.2. The summed E-state index contributed by atoms with van der Waals surface area (Å²) in [4.78, 5) is 0. The molecule has 0 aliphatic rings. The highest BCUT2D eigenvalue weighted by Crippen LogP contribution is 2.10. The maximum absolute atomic E-state index is 4.02. The second-order valence-electron chi connectivity index (χ2n) is 4.82. The highest BCUT2D eigenvalue weighted by Gasteiger charge is 2.06. The molecule has 0 saturated heterocycles. The second kappa shape index (κ2) is 7.21. The molecule has 0 aliphatic heterocycles. The standard InChI is InChI=1S/C16H18N6/c1-3-8-14(9-4-1)17-12-7-13-18-16-19-20-21-22(16)15-10-5-2-6-11-15/h1-6,8-11,17H,7,12-13H2,(H,18,19,21). The fourth-order valence-corrected chi connectivity index (χ4v) is 2.12. The summed E-state index contributed by atoms with van der Waals surface area (Å²) < 4.78 is 1.70. The molecule has 0 amide bonds. The third kappa shape index (κ3) is 3.60. The molecule has 2 N–H and O–H groups in total. The van der Waals surface area contributed by atoms with Crippen molar-refractivity contribution >= 4 is 11.6 Å². The molecule has 0 unspecified atom stereocenters. The van der Waals surface area contributed by atoms with Crippen LogP contribution in [0, 0.1) is 0 Å². The quantitative estimate of drug-likeness (QED) is 0.656. The number of hydrogen-bond donors (Lipinski definition) is 2. The van der Waals surface area contributed by atoms with Gasteiger partial charge in [0.1, 0.15) is 0 Å². The molecule has 3 rings (SSSR count). The lowest BCUT2D eigenvalue weighted by molar-refractivity contribution is 0.787. The average molecular weight is 294 g/mol. The smallest absolute Gasteiger partial charge is 0.247 e. The largest absolute Gasteiger partial charge is 0.385 e. The minimum Gasteiger partial charge on any atom is -0.385 e. The Balaban J connectivity index is 1.48. The Morgan fingerprint density at radius 2 is 1.50 bits per heavy atom. The van der Waals surface area contributed by atoms with Gasteiger partial charge in [-0.1, -0.05) is 41.5 Å². The van der Waals surface area contributed by atoms with E-state index in [1.807, 2.05) is 48.5 Å². The van der Waals surface area contributed by atoms with Gasteiger partial charge in [0.25, 0.3) is 0 Å². The SMILES string of the molecule is c1ccc(NCCCNc2nnnn2-c2ccccc2)cc1. The average Bonchev–Trinajstić information content (AvgIpc) is 3.05. The van der Waals surface area contributed by atoms with Crippen LogP contribution in [0.3, 0.4) is 0 Å². The van der Waals surface area contributed by atoms with E-state index in [1.54, 1.807) is 4.68 Å².